The molecule has 0 aliphatic carbocycles. The Morgan fingerprint density at radius 2 is 1.94 bits per heavy atom. The van der Waals surface area contributed by atoms with Gasteiger partial charge in [0.05, 0.1) is 10.7 Å². The Labute approximate surface area is 182 Å². The van der Waals surface area contributed by atoms with Crippen LogP contribution < -0.4 is 5.32 Å². The molecule has 0 aliphatic rings. The van der Waals surface area contributed by atoms with E-state index in [-0.39, 0.29) is 23.2 Å². The van der Waals surface area contributed by atoms with Crippen molar-refractivity contribution in [2.24, 2.45) is 0 Å². The Balaban J connectivity index is 1.54. The molecule has 2 aromatic heterocycles. The van der Waals surface area contributed by atoms with E-state index in [2.05, 4.69) is 15.4 Å². The molecule has 158 valence electrons. The first-order chi connectivity index (χ1) is 14.8. The number of nitrogens with one attached hydrogen (secondary N) is 1. The number of carbonyl (C=O) groups excluding carboxylic acids is 1. The summed E-state index contributed by atoms with van der Waals surface area (Å²) in [6, 6.07) is 12.1. The average Bonchev–Trinajstić information content (AvgIpc) is 3.15. The number of benzene rings is 2. The molecule has 2 heterocycles. The van der Waals surface area contributed by atoms with Crippen molar-refractivity contribution in [3.05, 3.63) is 82.1 Å². The minimum Gasteiger partial charge on any atom is -0.326 e. The van der Waals surface area contributed by atoms with Gasteiger partial charge in [0.25, 0.3) is 0 Å². The third-order valence-electron chi connectivity index (χ3n) is 5.09. The molecule has 0 spiro atoms. The van der Waals surface area contributed by atoms with Crippen LogP contribution in [0.5, 0.6) is 0 Å². The molecule has 2 aromatic carbocycles. The highest BCUT2D eigenvalue weighted by Crippen LogP contribution is 2.24. The number of fused-ring (bicyclic) bond motifs is 1. The van der Waals surface area contributed by atoms with E-state index in [9.17, 15) is 13.6 Å². The summed E-state index contributed by atoms with van der Waals surface area (Å²) >= 11 is 5.76. The molecule has 0 bridgehead atoms. The fraction of sp³-hybridized carbons (Fsp3) is 0.174. The van der Waals surface area contributed by atoms with E-state index >= 15 is 0 Å². The molecule has 0 saturated carbocycles. The summed E-state index contributed by atoms with van der Waals surface area (Å²) in [5.74, 6) is -1.09. The highest BCUT2D eigenvalue weighted by atomic mass is 35.5. The van der Waals surface area contributed by atoms with Crippen LogP contribution >= 0.6 is 11.6 Å². The second kappa shape index (κ2) is 8.43. The minimum absolute atomic E-state index is 0.0491. The van der Waals surface area contributed by atoms with Crippen molar-refractivity contribution in [3.63, 3.8) is 0 Å². The molecule has 1 amide bonds. The molecule has 0 radical (unpaired) electrons. The van der Waals surface area contributed by atoms with Crippen LogP contribution in [0.4, 0.5) is 14.5 Å². The summed E-state index contributed by atoms with van der Waals surface area (Å²) in [4.78, 5) is 17.0. The largest absolute Gasteiger partial charge is 0.326 e. The summed E-state index contributed by atoms with van der Waals surface area (Å²) < 4.78 is 28.6. The molecule has 0 atom stereocenters. The molecule has 0 aliphatic heterocycles. The summed E-state index contributed by atoms with van der Waals surface area (Å²) in [6.45, 7) is 3.80. The van der Waals surface area contributed by atoms with Crippen molar-refractivity contribution < 1.29 is 13.6 Å². The number of carbonyl (C=O) groups is 1. The van der Waals surface area contributed by atoms with Gasteiger partial charge in [-0.15, -0.1) is 0 Å². The molecule has 0 unspecified atom stereocenters. The van der Waals surface area contributed by atoms with Crippen LogP contribution in [0.3, 0.4) is 0 Å². The van der Waals surface area contributed by atoms with Gasteiger partial charge < -0.3 is 5.32 Å². The number of halogens is 3. The van der Waals surface area contributed by atoms with Crippen molar-refractivity contribution in [1.29, 1.82) is 0 Å². The van der Waals surface area contributed by atoms with Gasteiger partial charge in [-0.2, -0.15) is 5.10 Å². The summed E-state index contributed by atoms with van der Waals surface area (Å²) in [5.41, 5.74) is 4.96. The average molecular weight is 441 g/mol. The number of aromatic nitrogens is 3. The van der Waals surface area contributed by atoms with Crippen LogP contribution in [-0.2, 0) is 11.2 Å². The lowest BCUT2D eigenvalue weighted by Gasteiger charge is -2.11. The Bertz CT molecular complexity index is 1300. The molecule has 4 aromatic rings. The van der Waals surface area contributed by atoms with Gasteiger partial charge in [-0.1, -0.05) is 23.7 Å². The Hall–Kier alpha value is -3.32. The normalized spacial score (nSPS) is 11.1. The van der Waals surface area contributed by atoms with Crippen molar-refractivity contribution >= 4 is 28.8 Å². The van der Waals surface area contributed by atoms with E-state index in [1.165, 1.54) is 30.3 Å². The fourth-order valence-electron chi connectivity index (χ4n) is 3.51. The second-order valence-electron chi connectivity index (χ2n) is 7.25. The third kappa shape index (κ3) is 4.41. The number of hydrogen-bond donors (Lipinski definition) is 1. The van der Waals surface area contributed by atoms with Crippen LogP contribution in [-0.4, -0.2) is 20.5 Å². The highest BCUT2D eigenvalue weighted by molar-refractivity contribution is 6.31. The van der Waals surface area contributed by atoms with Crippen LogP contribution in [0.15, 0.2) is 48.5 Å². The van der Waals surface area contributed by atoms with E-state index in [4.69, 9.17) is 11.6 Å². The van der Waals surface area contributed by atoms with E-state index < -0.39 is 5.82 Å². The van der Waals surface area contributed by atoms with Crippen LogP contribution in [0.1, 0.15) is 23.4 Å². The van der Waals surface area contributed by atoms with Crippen molar-refractivity contribution in [2.45, 2.75) is 26.7 Å². The monoisotopic (exact) mass is 440 g/mol. The van der Waals surface area contributed by atoms with E-state index in [0.29, 0.717) is 29.0 Å². The minimum atomic E-state index is -0.540. The first-order valence-corrected chi connectivity index (χ1v) is 10.1. The predicted octanol–water partition coefficient (Wildman–Crippen LogP) is 5.52. The number of nitrogens with zero attached hydrogens (tertiary/aromatic N) is 3. The maximum Gasteiger partial charge on any atom is 0.224 e. The Morgan fingerprint density at radius 1 is 1.13 bits per heavy atom. The first kappa shape index (κ1) is 20.9. The Morgan fingerprint density at radius 3 is 2.68 bits per heavy atom. The highest BCUT2D eigenvalue weighted by Gasteiger charge is 2.15. The molecular weight excluding hydrogens is 422 g/mol. The summed E-state index contributed by atoms with van der Waals surface area (Å²) in [5, 5.41) is 7.24. The predicted molar refractivity (Wildman–Crippen MR) is 116 cm³/mol. The molecule has 5 nitrogen and oxygen atoms in total. The molecule has 8 heteroatoms. The summed E-state index contributed by atoms with van der Waals surface area (Å²) in [7, 11) is 0. The molecule has 0 saturated heterocycles. The quantitative estimate of drug-likeness (QED) is 0.444. The van der Waals surface area contributed by atoms with Crippen LogP contribution in [0.2, 0.25) is 5.02 Å². The smallest absolute Gasteiger partial charge is 0.224 e. The lowest BCUT2D eigenvalue weighted by Crippen LogP contribution is -2.14. The zero-order valence-electron chi connectivity index (χ0n) is 16.9. The number of hydrogen-bond acceptors (Lipinski definition) is 3. The number of rotatable bonds is 5. The molecule has 4 rings (SSSR count). The van der Waals surface area contributed by atoms with Gasteiger partial charge in [-0.3, -0.25) is 4.79 Å². The number of aryl methyl sites for hydroxylation is 2. The van der Waals surface area contributed by atoms with Gasteiger partial charge >= 0.3 is 0 Å². The van der Waals surface area contributed by atoms with Crippen molar-refractivity contribution in [3.8, 4) is 11.3 Å². The lowest BCUT2D eigenvalue weighted by molar-refractivity contribution is -0.116. The van der Waals surface area contributed by atoms with Crippen molar-refractivity contribution in [1.82, 2.24) is 14.6 Å². The molecule has 1 N–H and O–H groups in total. The molecule has 31 heavy (non-hydrogen) atoms. The zero-order valence-corrected chi connectivity index (χ0v) is 17.7. The van der Waals surface area contributed by atoms with E-state index in [1.54, 1.807) is 16.6 Å². The second-order valence-corrected chi connectivity index (χ2v) is 7.66. The van der Waals surface area contributed by atoms with E-state index in [0.717, 1.165) is 17.0 Å². The van der Waals surface area contributed by atoms with Crippen molar-refractivity contribution in [2.75, 3.05) is 5.32 Å². The SMILES string of the molecule is Cc1nc2cc(-c3cccc(F)c3)nn2c(C)c1CCC(=O)Nc1ccc(F)c(Cl)c1. The zero-order chi connectivity index (χ0) is 22.1. The maximum atomic E-state index is 13.6. The maximum absolute atomic E-state index is 13.6. The van der Waals surface area contributed by atoms with Gasteiger partial charge in [0.2, 0.25) is 5.91 Å². The van der Waals surface area contributed by atoms with Crippen LogP contribution in [0, 0.1) is 25.5 Å². The van der Waals surface area contributed by atoms with E-state index in [1.807, 2.05) is 19.9 Å². The Kier molecular flexibility index (Phi) is 5.69. The lowest BCUT2D eigenvalue weighted by atomic mass is 10.1. The topological polar surface area (TPSA) is 59.3 Å². The van der Waals surface area contributed by atoms with Gasteiger partial charge in [0.15, 0.2) is 5.65 Å². The first-order valence-electron chi connectivity index (χ1n) is 9.68. The standard InChI is InChI=1S/C23H19ClF2N4O/c1-13-18(7-9-23(31)28-17-6-8-20(26)19(24)11-17)14(2)30-22(27-13)12-21(29-30)15-4-3-5-16(25)10-15/h3-6,8,10-12H,7,9H2,1-2H3,(H,28,31). The third-order valence-corrected chi connectivity index (χ3v) is 5.38. The van der Waals surface area contributed by atoms with Gasteiger partial charge in [-0.05, 0) is 56.2 Å². The summed E-state index contributed by atoms with van der Waals surface area (Å²) in [6.07, 6.45) is 0.665. The van der Waals surface area contributed by atoms with Gasteiger partial charge in [-0.25, -0.2) is 18.3 Å². The molecule has 0 fully saturated rings. The number of amides is 1. The fourth-order valence-corrected chi connectivity index (χ4v) is 3.69. The number of anilines is 1. The van der Waals surface area contributed by atoms with Gasteiger partial charge in [0.1, 0.15) is 11.6 Å². The van der Waals surface area contributed by atoms with Gasteiger partial charge in [0, 0.05) is 35.1 Å². The van der Waals surface area contributed by atoms with Crippen LogP contribution in [0.25, 0.3) is 16.9 Å². The molecular formula is C23H19ClF2N4O.